The van der Waals surface area contributed by atoms with Gasteiger partial charge in [-0.1, -0.05) is 37.6 Å². The fourth-order valence-electron chi connectivity index (χ4n) is 2.42. The minimum Gasteiger partial charge on any atom is -0.462 e. The number of aromatic nitrogens is 4. The maximum atomic E-state index is 5.98. The van der Waals surface area contributed by atoms with Gasteiger partial charge in [-0.25, -0.2) is 9.50 Å². The fourth-order valence-corrected chi connectivity index (χ4v) is 2.42. The molecule has 0 amide bonds. The van der Waals surface area contributed by atoms with Gasteiger partial charge in [0, 0.05) is 13.0 Å². The van der Waals surface area contributed by atoms with Crippen molar-refractivity contribution in [3.63, 3.8) is 0 Å². The van der Waals surface area contributed by atoms with Crippen LogP contribution in [0.5, 0.6) is 6.01 Å². The van der Waals surface area contributed by atoms with Crippen molar-refractivity contribution in [3.8, 4) is 6.01 Å². The molecule has 1 aromatic carbocycles. The van der Waals surface area contributed by atoms with Crippen LogP contribution in [0.1, 0.15) is 36.6 Å². The van der Waals surface area contributed by atoms with Gasteiger partial charge >= 0.3 is 6.01 Å². The van der Waals surface area contributed by atoms with Crippen LogP contribution in [-0.2, 0) is 13.0 Å². The van der Waals surface area contributed by atoms with Crippen molar-refractivity contribution in [1.29, 1.82) is 0 Å². The first-order valence-electron chi connectivity index (χ1n) is 8.12. The zero-order valence-electron chi connectivity index (χ0n) is 13.8. The zero-order chi connectivity index (χ0) is 16.9. The Balaban J connectivity index is 1.86. The Morgan fingerprint density at radius 2 is 1.92 bits per heavy atom. The molecule has 0 radical (unpaired) electrons. The van der Waals surface area contributed by atoms with E-state index in [0.717, 1.165) is 29.7 Å². The van der Waals surface area contributed by atoms with Crippen LogP contribution < -0.4 is 16.2 Å². The van der Waals surface area contributed by atoms with Crippen LogP contribution in [-0.4, -0.2) is 26.2 Å². The molecule has 7 heteroatoms. The van der Waals surface area contributed by atoms with Crippen molar-refractivity contribution in [1.82, 2.24) is 19.6 Å². The van der Waals surface area contributed by atoms with Gasteiger partial charge < -0.3 is 16.2 Å². The number of hydrogen-bond acceptors (Lipinski definition) is 6. The summed E-state index contributed by atoms with van der Waals surface area (Å²) >= 11 is 0. The summed E-state index contributed by atoms with van der Waals surface area (Å²) in [7, 11) is 0. The Bertz CT molecular complexity index is 812. The minimum atomic E-state index is 0.283. The Morgan fingerprint density at radius 3 is 2.62 bits per heavy atom. The summed E-state index contributed by atoms with van der Waals surface area (Å²) in [6.07, 6.45) is 4.46. The zero-order valence-corrected chi connectivity index (χ0v) is 13.8. The van der Waals surface area contributed by atoms with E-state index in [2.05, 4.69) is 34.1 Å². The van der Waals surface area contributed by atoms with Crippen LogP contribution in [0, 0.1) is 0 Å². The molecule has 126 valence electrons. The van der Waals surface area contributed by atoms with Gasteiger partial charge in [-0.3, -0.25) is 0 Å². The lowest BCUT2D eigenvalue weighted by Gasteiger charge is -2.07. The number of benzene rings is 1. The SMILES string of the molecule is CCCCOc1nc(N)c2ncc(Cc3ccc(CN)cc3)n2n1. The molecule has 0 saturated heterocycles. The second-order valence-corrected chi connectivity index (χ2v) is 5.66. The Hall–Kier alpha value is -2.67. The third-order valence-electron chi connectivity index (χ3n) is 3.81. The van der Waals surface area contributed by atoms with Crippen molar-refractivity contribution in [2.24, 2.45) is 5.73 Å². The molecule has 0 aliphatic heterocycles. The first-order valence-corrected chi connectivity index (χ1v) is 8.12. The molecule has 7 nitrogen and oxygen atoms in total. The highest BCUT2D eigenvalue weighted by atomic mass is 16.5. The van der Waals surface area contributed by atoms with Gasteiger partial charge in [-0.2, -0.15) is 4.98 Å². The molecule has 24 heavy (non-hydrogen) atoms. The third kappa shape index (κ3) is 3.46. The van der Waals surface area contributed by atoms with Crippen molar-refractivity contribution < 1.29 is 4.74 Å². The van der Waals surface area contributed by atoms with E-state index in [1.165, 1.54) is 0 Å². The number of nitrogens with zero attached hydrogens (tertiary/aromatic N) is 4. The van der Waals surface area contributed by atoms with E-state index in [4.69, 9.17) is 16.2 Å². The maximum Gasteiger partial charge on any atom is 0.336 e. The second-order valence-electron chi connectivity index (χ2n) is 5.66. The number of anilines is 1. The quantitative estimate of drug-likeness (QED) is 0.643. The van der Waals surface area contributed by atoms with Gasteiger partial charge in [0.15, 0.2) is 11.5 Å². The number of imidazole rings is 1. The molecule has 0 fully saturated rings. The molecule has 3 aromatic rings. The van der Waals surface area contributed by atoms with Gasteiger partial charge in [0.25, 0.3) is 0 Å². The summed E-state index contributed by atoms with van der Waals surface area (Å²) in [5, 5.41) is 4.42. The highest BCUT2D eigenvalue weighted by Gasteiger charge is 2.12. The van der Waals surface area contributed by atoms with Crippen LogP contribution in [0.2, 0.25) is 0 Å². The summed E-state index contributed by atoms with van der Waals surface area (Å²) in [6, 6.07) is 8.46. The molecule has 3 rings (SSSR count). The second kappa shape index (κ2) is 7.27. The standard InChI is InChI=1S/C17H22N6O/c1-2-3-8-24-17-21-15(19)16-20-11-14(23(16)22-17)9-12-4-6-13(10-18)7-5-12/h4-7,11H,2-3,8-10,18H2,1H3,(H2,19,21,22). The molecule has 4 N–H and O–H groups in total. The summed E-state index contributed by atoms with van der Waals surface area (Å²) in [6.45, 7) is 3.22. The lowest BCUT2D eigenvalue weighted by atomic mass is 10.1. The average Bonchev–Trinajstić information content (AvgIpc) is 2.99. The topological polar surface area (TPSA) is 104 Å². The third-order valence-corrected chi connectivity index (χ3v) is 3.81. The molecule has 2 heterocycles. The van der Waals surface area contributed by atoms with Crippen molar-refractivity contribution >= 4 is 11.5 Å². The number of ether oxygens (including phenoxy) is 1. The minimum absolute atomic E-state index is 0.283. The van der Waals surface area contributed by atoms with Crippen LogP contribution in [0.4, 0.5) is 5.82 Å². The summed E-state index contributed by atoms with van der Waals surface area (Å²) < 4.78 is 7.28. The molecule has 0 aliphatic carbocycles. The van der Waals surface area contributed by atoms with Crippen molar-refractivity contribution in [2.45, 2.75) is 32.7 Å². The van der Waals surface area contributed by atoms with Gasteiger partial charge in [0.2, 0.25) is 0 Å². The highest BCUT2D eigenvalue weighted by Crippen LogP contribution is 2.17. The highest BCUT2D eigenvalue weighted by molar-refractivity contribution is 5.59. The fraction of sp³-hybridized carbons (Fsp3) is 0.353. The first kappa shape index (κ1) is 16.2. The monoisotopic (exact) mass is 326 g/mol. The number of nitrogen functional groups attached to an aromatic ring is 1. The van der Waals surface area contributed by atoms with Gasteiger partial charge in [0.05, 0.1) is 18.5 Å². The van der Waals surface area contributed by atoms with Gasteiger partial charge in [-0.05, 0) is 17.5 Å². The van der Waals surface area contributed by atoms with Crippen LogP contribution in [0.15, 0.2) is 30.5 Å². The van der Waals surface area contributed by atoms with E-state index in [1.54, 1.807) is 10.7 Å². The van der Waals surface area contributed by atoms with E-state index in [-0.39, 0.29) is 6.01 Å². The molecular formula is C17H22N6O. The maximum absolute atomic E-state index is 5.98. The summed E-state index contributed by atoms with van der Waals surface area (Å²) in [5.74, 6) is 0.321. The van der Waals surface area contributed by atoms with E-state index >= 15 is 0 Å². The van der Waals surface area contributed by atoms with Gasteiger partial charge in [-0.15, -0.1) is 5.10 Å². The summed E-state index contributed by atoms with van der Waals surface area (Å²) in [5.41, 5.74) is 15.3. The van der Waals surface area contributed by atoms with E-state index in [9.17, 15) is 0 Å². The Kier molecular flexibility index (Phi) is 4.90. The average molecular weight is 326 g/mol. The van der Waals surface area contributed by atoms with Crippen molar-refractivity contribution in [3.05, 3.63) is 47.3 Å². The molecule has 0 saturated carbocycles. The van der Waals surface area contributed by atoms with Gasteiger partial charge in [0.1, 0.15) is 0 Å². The van der Waals surface area contributed by atoms with Crippen LogP contribution >= 0.6 is 0 Å². The van der Waals surface area contributed by atoms with E-state index < -0.39 is 0 Å². The molecular weight excluding hydrogens is 304 g/mol. The predicted molar refractivity (Wildman–Crippen MR) is 92.7 cm³/mol. The number of fused-ring (bicyclic) bond motifs is 1. The number of nitrogens with two attached hydrogens (primary N) is 2. The molecule has 0 atom stereocenters. The van der Waals surface area contributed by atoms with E-state index in [1.807, 2.05) is 12.1 Å². The molecule has 0 unspecified atom stereocenters. The molecule has 0 aliphatic rings. The lowest BCUT2D eigenvalue weighted by molar-refractivity contribution is 0.280. The van der Waals surface area contributed by atoms with E-state index in [0.29, 0.717) is 31.0 Å². The number of unbranched alkanes of at least 4 members (excludes halogenated alkanes) is 1. The Morgan fingerprint density at radius 1 is 1.17 bits per heavy atom. The Labute approximate surface area is 140 Å². The number of hydrogen-bond donors (Lipinski definition) is 2. The van der Waals surface area contributed by atoms with Crippen molar-refractivity contribution in [2.75, 3.05) is 12.3 Å². The predicted octanol–water partition coefficient (Wildman–Crippen LogP) is 1.93. The van der Waals surface area contributed by atoms with Crippen LogP contribution in [0.25, 0.3) is 5.65 Å². The lowest BCUT2D eigenvalue weighted by Crippen LogP contribution is -2.09. The number of rotatable bonds is 7. The molecule has 0 spiro atoms. The largest absolute Gasteiger partial charge is 0.462 e. The molecule has 2 aromatic heterocycles. The van der Waals surface area contributed by atoms with Crippen LogP contribution in [0.3, 0.4) is 0 Å². The molecule has 0 bridgehead atoms. The summed E-state index contributed by atoms with van der Waals surface area (Å²) in [4.78, 5) is 8.49. The smallest absolute Gasteiger partial charge is 0.336 e. The first-order chi connectivity index (χ1) is 11.7. The normalized spacial score (nSPS) is 11.1.